The maximum absolute atomic E-state index is 12.6. The second-order valence-electron chi connectivity index (χ2n) is 7.16. The maximum Gasteiger partial charge on any atom is 0.416 e. The molecule has 1 N–H and O–H groups in total. The first-order chi connectivity index (χ1) is 15.5. The number of nitrogens with one attached hydrogen (secondary N) is 1. The van der Waals surface area contributed by atoms with Crippen molar-refractivity contribution in [2.24, 2.45) is 0 Å². The van der Waals surface area contributed by atoms with Gasteiger partial charge in [-0.1, -0.05) is 12.1 Å². The number of carbonyl (C=O) groups excluding carboxylic acids is 3. The third-order valence-corrected chi connectivity index (χ3v) is 5.63. The van der Waals surface area contributed by atoms with Crippen LogP contribution < -0.4 is 5.32 Å². The van der Waals surface area contributed by atoms with Crippen molar-refractivity contribution in [2.75, 3.05) is 13.6 Å². The summed E-state index contributed by atoms with van der Waals surface area (Å²) in [4.78, 5) is 42.4. The number of likely N-dealkylation sites (N-methyl/N-ethyl adjacent to an activating group) is 1. The smallest absolute Gasteiger partial charge is 0.416 e. The number of ether oxygens (including phenoxy) is 1. The molecule has 0 radical (unpaired) electrons. The topological polar surface area (TPSA) is 88.6 Å². The lowest BCUT2D eigenvalue weighted by Crippen LogP contribution is -2.39. The van der Waals surface area contributed by atoms with Crippen LogP contribution in [0, 0.1) is 0 Å². The normalized spacial score (nSPS) is 12.3. The molecular formula is C22H20F3N3O4S. The molecule has 1 heterocycles. The van der Waals surface area contributed by atoms with Gasteiger partial charge in [-0.3, -0.25) is 14.4 Å². The number of para-hydroxylation sites is 1. The molecule has 0 saturated carbocycles. The Balaban J connectivity index is 1.47. The van der Waals surface area contributed by atoms with Crippen LogP contribution in [-0.4, -0.2) is 47.4 Å². The lowest BCUT2D eigenvalue weighted by molar-refractivity contribution is -0.157. The molecule has 1 unspecified atom stereocenters. The molecule has 2 aromatic carbocycles. The Morgan fingerprint density at radius 2 is 1.79 bits per heavy atom. The van der Waals surface area contributed by atoms with Crippen LogP contribution in [0.3, 0.4) is 0 Å². The first-order valence-electron chi connectivity index (χ1n) is 9.79. The molecular weight excluding hydrogens is 459 g/mol. The Morgan fingerprint density at radius 1 is 1.12 bits per heavy atom. The highest BCUT2D eigenvalue weighted by molar-refractivity contribution is 7.18. The lowest BCUT2D eigenvalue weighted by atomic mass is 10.1. The number of halogens is 3. The van der Waals surface area contributed by atoms with E-state index < -0.39 is 42.2 Å². The SMILES string of the molecule is CC(OC(=O)CNC(=O)c1ccc(C(F)(F)F)cc1)C(=O)N(C)Cc1nc2ccccc2s1. The molecule has 0 spiro atoms. The van der Waals surface area contributed by atoms with E-state index >= 15 is 0 Å². The molecule has 1 aromatic heterocycles. The summed E-state index contributed by atoms with van der Waals surface area (Å²) in [6, 6.07) is 11.1. The molecule has 33 heavy (non-hydrogen) atoms. The molecule has 0 aliphatic rings. The molecule has 1 atom stereocenters. The fraction of sp³-hybridized carbons (Fsp3) is 0.273. The van der Waals surface area contributed by atoms with Crippen LogP contribution in [0.1, 0.15) is 27.9 Å². The van der Waals surface area contributed by atoms with E-state index in [-0.39, 0.29) is 12.1 Å². The molecule has 7 nitrogen and oxygen atoms in total. The number of hydrogen-bond donors (Lipinski definition) is 1. The molecule has 11 heteroatoms. The van der Waals surface area contributed by atoms with Crippen molar-refractivity contribution in [1.29, 1.82) is 0 Å². The number of fused-ring (bicyclic) bond motifs is 1. The first-order valence-corrected chi connectivity index (χ1v) is 10.6. The van der Waals surface area contributed by atoms with E-state index in [1.807, 2.05) is 24.3 Å². The van der Waals surface area contributed by atoms with Gasteiger partial charge in [0, 0.05) is 12.6 Å². The highest BCUT2D eigenvalue weighted by Crippen LogP contribution is 2.29. The average molecular weight is 479 g/mol. The van der Waals surface area contributed by atoms with Gasteiger partial charge in [-0.25, -0.2) is 4.98 Å². The summed E-state index contributed by atoms with van der Waals surface area (Å²) in [6.45, 7) is 1.11. The number of hydrogen-bond acceptors (Lipinski definition) is 6. The van der Waals surface area contributed by atoms with Crippen LogP contribution >= 0.6 is 11.3 Å². The van der Waals surface area contributed by atoms with Crippen LogP contribution in [0.25, 0.3) is 10.2 Å². The molecule has 0 fully saturated rings. The van der Waals surface area contributed by atoms with Crippen molar-refractivity contribution >= 4 is 39.3 Å². The monoisotopic (exact) mass is 479 g/mol. The van der Waals surface area contributed by atoms with Crippen molar-refractivity contribution in [2.45, 2.75) is 25.7 Å². The quantitative estimate of drug-likeness (QED) is 0.523. The van der Waals surface area contributed by atoms with E-state index in [2.05, 4.69) is 10.3 Å². The van der Waals surface area contributed by atoms with Crippen LogP contribution in [0.2, 0.25) is 0 Å². The minimum Gasteiger partial charge on any atom is -0.451 e. The third-order valence-electron chi connectivity index (χ3n) is 4.61. The van der Waals surface area contributed by atoms with E-state index in [0.29, 0.717) is 0 Å². The Bertz CT molecular complexity index is 1130. The van der Waals surface area contributed by atoms with Gasteiger partial charge < -0.3 is 15.0 Å². The number of benzene rings is 2. The largest absolute Gasteiger partial charge is 0.451 e. The Morgan fingerprint density at radius 3 is 2.42 bits per heavy atom. The standard InChI is InChI=1S/C22H20F3N3O4S/c1-13(21(31)28(2)12-18-27-16-5-3-4-6-17(16)33-18)32-19(29)11-26-20(30)14-7-9-15(10-8-14)22(23,24)25/h3-10,13H,11-12H2,1-2H3,(H,26,30). The Hall–Kier alpha value is -3.47. The lowest BCUT2D eigenvalue weighted by Gasteiger charge is -2.20. The number of thiazole rings is 1. The van der Waals surface area contributed by atoms with Gasteiger partial charge >= 0.3 is 12.1 Å². The van der Waals surface area contributed by atoms with Gasteiger partial charge in [0.25, 0.3) is 11.8 Å². The molecule has 3 aromatic rings. The number of carbonyl (C=O) groups is 3. The number of alkyl halides is 3. The van der Waals surface area contributed by atoms with Gasteiger partial charge in [0.2, 0.25) is 0 Å². The van der Waals surface area contributed by atoms with Gasteiger partial charge in [0.15, 0.2) is 6.10 Å². The number of nitrogens with zero attached hydrogens (tertiary/aromatic N) is 2. The summed E-state index contributed by atoms with van der Waals surface area (Å²) in [5.41, 5.74) is -0.0992. The fourth-order valence-corrected chi connectivity index (χ4v) is 3.95. The first kappa shape index (κ1) is 24.2. The highest BCUT2D eigenvalue weighted by Gasteiger charge is 2.30. The minimum absolute atomic E-state index is 0.0458. The predicted octanol–water partition coefficient (Wildman–Crippen LogP) is 3.64. The van der Waals surface area contributed by atoms with Crippen LogP contribution in [0.5, 0.6) is 0 Å². The van der Waals surface area contributed by atoms with Gasteiger partial charge in [0.05, 0.1) is 22.3 Å². The van der Waals surface area contributed by atoms with E-state index in [1.165, 1.54) is 23.2 Å². The summed E-state index contributed by atoms with van der Waals surface area (Å²) in [7, 11) is 1.56. The summed E-state index contributed by atoms with van der Waals surface area (Å²) in [6.07, 6.45) is -5.61. The second-order valence-corrected chi connectivity index (χ2v) is 8.27. The Kier molecular flexibility index (Phi) is 7.32. The van der Waals surface area contributed by atoms with E-state index in [4.69, 9.17) is 4.74 Å². The van der Waals surface area contributed by atoms with Crippen molar-refractivity contribution in [3.05, 3.63) is 64.7 Å². The van der Waals surface area contributed by atoms with Crippen molar-refractivity contribution in [3.8, 4) is 0 Å². The minimum atomic E-state index is -4.51. The molecule has 0 saturated heterocycles. The van der Waals surface area contributed by atoms with Crippen LogP contribution in [0.4, 0.5) is 13.2 Å². The van der Waals surface area contributed by atoms with Gasteiger partial charge in [-0.05, 0) is 43.3 Å². The summed E-state index contributed by atoms with van der Waals surface area (Å²) in [5, 5.41) is 2.99. The molecule has 0 aliphatic heterocycles. The average Bonchev–Trinajstić information content (AvgIpc) is 3.18. The van der Waals surface area contributed by atoms with Gasteiger partial charge in [0.1, 0.15) is 11.6 Å². The summed E-state index contributed by atoms with van der Waals surface area (Å²) < 4.78 is 43.8. The summed E-state index contributed by atoms with van der Waals surface area (Å²) >= 11 is 1.46. The van der Waals surface area contributed by atoms with Gasteiger partial charge in [-0.15, -0.1) is 11.3 Å². The fourth-order valence-electron chi connectivity index (χ4n) is 2.93. The number of esters is 1. The van der Waals surface area contributed by atoms with Crippen molar-refractivity contribution in [3.63, 3.8) is 0 Å². The number of aromatic nitrogens is 1. The predicted molar refractivity (Wildman–Crippen MR) is 115 cm³/mol. The number of amides is 2. The molecule has 3 rings (SSSR count). The van der Waals surface area contributed by atoms with Crippen LogP contribution in [0.15, 0.2) is 48.5 Å². The maximum atomic E-state index is 12.6. The highest BCUT2D eigenvalue weighted by atomic mass is 32.1. The number of rotatable bonds is 7. The zero-order valence-electron chi connectivity index (χ0n) is 17.7. The van der Waals surface area contributed by atoms with Gasteiger partial charge in [-0.2, -0.15) is 13.2 Å². The van der Waals surface area contributed by atoms with Crippen LogP contribution in [-0.2, 0) is 27.0 Å². The van der Waals surface area contributed by atoms with Crippen molar-refractivity contribution < 1.29 is 32.3 Å². The van der Waals surface area contributed by atoms with E-state index in [9.17, 15) is 27.6 Å². The van der Waals surface area contributed by atoms with Crippen molar-refractivity contribution in [1.82, 2.24) is 15.2 Å². The molecule has 0 bridgehead atoms. The summed E-state index contributed by atoms with van der Waals surface area (Å²) in [5.74, 6) is -2.05. The zero-order valence-corrected chi connectivity index (χ0v) is 18.5. The van der Waals surface area contributed by atoms with E-state index in [0.717, 1.165) is 39.5 Å². The molecule has 174 valence electrons. The van der Waals surface area contributed by atoms with E-state index in [1.54, 1.807) is 7.05 Å². The molecule has 0 aliphatic carbocycles. The second kappa shape index (κ2) is 9.99. The Labute approximate surface area is 191 Å². The zero-order chi connectivity index (χ0) is 24.2. The molecule has 2 amide bonds. The third kappa shape index (κ3) is 6.28.